The van der Waals surface area contributed by atoms with Gasteiger partial charge >= 0.3 is 4.71 Å². The minimum Gasteiger partial charge on any atom is -0.423 e. The zero-order valence-corrected chi connectivity index (χ0v) is 9.30. The standard InChI is InChI=1S/C7H4Cl2O5S/c8-7(9)13-5-2-1-4(15(10,11)12)3-6(5)14-7/h1-3H,(H,10,11,12). The third-order valence-electron chi connectivity index (χ3n) is 1.67. The molecule has 1 aliphatic rings. The van der Waals surface area contributed by atoms with E-state index in [1.54, 1.807) is 0 Å². The van der Waals surface area contributed by atoms with Gasteiger partial charge in [-0.1, -0.05) is 0 Å². The normalized spacial score (nSPS) is 17.8. The van der Waals surface area contributed by atoms with Crippen LogP contribution >= 0.6 is 23.2 Å². The molecule has 0 saturated heterocycles. The van der Waals surface area contributed by atoms with E-state index in [-0.39, 0.29) is 16.4 Å². The zero-order valence-electron chi connectivity index (χ0n) is 6.98. The lowest BCUT2D eigenvalue weighted by molar-refractivity contribution is 0.0848. The van der Waals surface area contributed by atoms with Gasteiger partial charge in [0.1, 0.15) is 0 Å². The van der Waals surface area contributed by atoms with Crippen LogP contribution in [0.15, 0.2) is 23.1 Å². The highest BCUT2D eigenvalue weighted by Crippen LogP contribution is 2.44. The fourth-order valence-electron chi connectivity index (χ4n) is 1.09. The molecule has 1 N–H and O–H groups in total. The molecule has 2 rings (SSSR count). The van der Waals surface area contributed by atoms with Crippen LogP contribution in [0.2, 0.25) is 0 Å². The number of halogens is 2. The number of fused-ring (bicyclic) bond motifs is 1. The van der Waals surface area contributed by atoms with Crippen molar-refractivity contribution in [3.8, 4) is 11.5 Å². The summed E-state index contributed by atoms with van der Waals surface area (Å²) in [4.78, 5) is -0.323. The average Bonchev–Trinajstić information content (AvgIpc) is 2.34. The van der Waals surface area contributed by atoms with E-state index in [1.807, 2.05) is 0 Å². The average molecular weight is 271 g/mol. The van der Waals surface area contributed by atoms with Gasteiger partial charge in [-0.3, -0.25) is 4.55 Å². The molecule has 0 aromatic heterocycles. The Balaban J connectivity index is 2.48. The van der Waals surface area contributed by atoms with Gasteiger partial charge in [0.25, 0.3) is 10.1 Å². The van der Waals surface area contributed by atoms with Gasteiger partial charge in [-0.05, 0) is 35.3 Å². The van der Waals surface area contributed by atoms with Crippen LogP contribution in [0, 0.1) is 0 Å². The number of ether oxygens (including phenoxy) is 2. The van der Waals surface area contributed by atoms with Crippen LogP contribution in [0.5, 0.6) is 11.5 Å². The second kappa shape index (κ2) is 3.15. The summed E-state index contributed by atoms with van der Waals surface area (Å²) >= 11 is 11.0. The van der Waals surface area contributed by atoms with E-state index < -0.39 is 14.8 Å². The minimum absolute atomic E-state index is 0.0510. The molecule has 0 aliphatic carbocycles. The van der Waals surface area contributed by atoms with Crippen LogP contribution < -0.4 is 9.47 Å². The highest BCUT2D eigenvalue weighted by Gasteiger charge is 2.38. The van der Waals surface area contributed by atoms with Crippen molar-refractivity contribution in [1.29, 1.82) is 0 Å². The monoisotopic (exact) mass is 270 g/mol. The Morgan fingerprint density at radius 1 is 1.20 bits per heavy atom. The van der Waals surface area contributed by atoms with E-state index in [1.165, 1.54) is 6.07 Å². The molecule has 0 radical (unpaired) electrons. The second-order valence-corrected chi connectivity index (χ2v) is 5.36. The van der Waals surface area contributed by atoms with Gasteiger partial charge < -0.3 is 9.47 Å². The highest BCUT2D eigenvalue weighted by molar-refractivity contribution is 7.85. The molecule has 8 heteroatoms. The molecular weight excluding hydrogens is 267 g/mol. The minimum atomic E-state index is -4.28. The van der Waals surface area contributed by atoms with Gasteiger partial charge in [0, 0.05) is 6.07 Å². The Morgan fingerprint density at radius 3 is 2.40 bits per heavy atom. The maximum Gasteiger partial charge on any atom is 0.419 e. The summed E-state index contributed by atoms with van der Waals surface area (Å²) in [7, 11) is -4.28. The number of hydrogen-bond donors (Lipinski definition) is 1. The van der Waals surface area contributed by atoms with Gasteiger partial charge in [-0.25, -0.2) is 0 Å². The quantitative estimate of drug-likeness (QED) is 0.622. The van der Waals surface area contributed by atoms with Crippen LogP contribution in [0.1, 0.15) is 0 Å². The number of hydrogen-bond acceptors (Lipinski definition) is 4. The summed E-state index contributed by atoms with van der Waals surface area (Å²) in [6, 6.07) is 3.49. The molecule has 1 aromatic carbocycles. The first kappa shape index (κ1) is 10.8. The Hall–Kier alpha value is -0.690. The molecular formula is C7H4Cl2O5S. The summed E-state index contributed by atoms with van der Waals surface area (Å²) in [5.41, 5.74) is 0. The van der Waals surface area contributed by atoms with Crippen LogP contribution in [0.4, 0.5) is 0 Å². The van der Waals surface area contributed by atoms with Gasteiger partial charge in [0.05, 0.1) is 4.90 Å². The summed E-state index contributed by atoms with van der Waals surface area (Å²) in [6.07, 6.45) is 0. The molecule has 0 amide bonds. The van der Waals surface area contributed by atoms with E-state index in [2.05, 4.69) is 0 Å². The van der Waals surface area contributed by atoms with Gasteiger partial charge in [0.15, 0.2) is 11.5 Å². The highest BCUT2D eigenvalue weighted by atomic mass is 35.5. The molecule has 1 heterocycles. The van der Waals surface area contributed by atoms with Crippen molar-refractivity contribution < 1.29 is 22.4 Å². The number of rotatable bonds is 1. The predicted molar refractivity (Wildman–Crippen MR) is 51.9 cm³/mol. The third-order valence-corrected chi connectivity index (χ3v) is 2.83. The van der Waals surface area contributed by atoms with E-state index in [0.717, 1.165) is 12.1 Å². The smallest absolute Gasteiger partial charge is 0.419 e. The topological polar surface area (TPSA) is 72.8 Å². The maximum absolute atomic E-state index is 10.8. The number of alkyl halides is 2. The Bertz CT molecular complexity index is 510. The van der Waals surface area contributed by atoms with Crippen molar-refractivity contribution in [3.05, 3.63) is 18.2 Å². The molecule has 0 unspecified atom stereocenters. The van der Waals surface area contributed by atoms with Crippen molar-refractivity contribution in [1.82, 2.24) is 0 Å². The lowest BCUT2D eigenvalue weighted by Crippen LogP contribution is -2.22. The molecule has 0 saturated carbocycles. The Labute approximate surface area is 95.3 Å². The first-order valence-corrected chi connectivity index (χ1v) is 5.85. The summed E-state index contributed by atoms with van der Waals surface area (Å²) in [6.45, 7) is 0. The summed E-state index contributed by atoms with van der Waals surface area (Å²) in [5, 5.41) is 0. The molecule has 0 bridgehead atoms. The number of benzene rings is 1. The largest absolute Gasteiger partial charge is 0.423 e. The van der Waals surface area contributed by atoms with E-state index in [0.29, 0.717) is 0 Å². The first-order chi connectivity index (χ1) is 6.78. The molecule has 1 aliphatic heterocycles. The molecule has 5 nitrogen and oxygen atoms in total. The van der Waals surface area contributed by atoms with Crippen molar-refractivity contribution in [2.75, 3.05) is 0 Å². The van der Waals surface area contributed by atoms with Crippen LogP contribution in [0.3, 0.4) is 0 Å². The second-order valence-electron chi connectivity index (χ2n) is 2.75. The van der Waals surface area contributed by atoms with E-state index in [9.17, 15) is 8.42 Å². The molecule has 15 heavy (non-hydrogen) atoms. The zero-order chi connectivity index (χ0) is 11.3. The van der Waals surface area contributed by atoms with Crippen molar-refractivity contribution in [3.63, 3.8) is 0 Å². The molecule has 82 valence electrons. The lowest BCUT2D eigenvalue weighted by Gasteiger charge is -2.09. The van der Waals surface area contributed by atoms with Gasteiger partial charge in [-0.2, -0.15) is 8.42 Å². The lowest BCUT2D eigenvalue weighted by atomic mass is 10.3. The predicted octanol–water partition coefficient (Wildman–Crippen LogP) is 1.79. The molecule has 0 spiro atoms. The fourth-order valence-corrected chi connectivity index (χ4v) is 1.92. The maximum atomic E-state index is 10.8. The molecule has 0 atom stereocenters. The van der Waals surface area contributed by atoms with Crippen molar-refractivity contribution in [2.45, 2.75) is 9.60 Å². The van der Waals surface area contributed by atoms with Crippen molar-refractivity contribution in [2.24, 2.45) is 0 Å². The van der Waals surface area contributed by atoms with Gasteiger partial charge in [0.2, 0.25) is 0 Å². The third kappa shape index (κ3) is 2.12. The van der Waals surface area contributed by atoms with Gasteiger partial charge in [-0.15, -0.1) is 0 Å². The van der Waals surface area contributed by atoms with Crippen LogP contribution in [-0.2, 0) is 10.1 Å². The van der Waals surface area contributed by atoms with E-state index in [4.69, 9.17) is 37.2 Å². The summed E-state index contributed by atoms with van der Waals surface area (Å²) < 4.78 is 38.2. The molecule has 0 fully saturated rings. The van der Waals surface area contributed by atoms with Crippen molar-refractivity contribution >= 4 is 33.3 Å². The van der Waals surface area contributed by atoms with Crippen LogP contribution in [0.25, 0.3) is 0 Å². The summed E-state index contributed by atoms with van der Waals surface area (Å²) in [5.74, 6) is 0.252. The SMILES string of the molecule is O=S(=O)(O)c1ccc2c(c1)OC(Cl)(Cl)O2. The Morgan fingerprint density at radius 2 is 1.80 bits per heavy atom. The first-order valence-electron chi connectivity index (χ1n) is 3.65. The fraction of sp³-hybridized carbons (Fsp3) is 0.143. The van der Waals surface area contributed by atoms with Crippen LogP contribution in [-0.4, -0.2) is 17.7 Å². The Kier molecular flexibility index (Phi) is 2.27. The van der Waals surface area contributed by atoms with E-state index >= 15 is 0 Å². The molecule has 1 aromatic rings.